The number of rotatable bonds is 9. The molecule has 41 heavy (non-hydrogen) atoms. The third kappa shape index (κ3) is 7.20. The fraction of sp³-hybridized carbons (Fsp3) is 0.286. The number of benzene rings is 3. The number of ether oxygens (including phenoxy) is 3. The van der Waals surface area contributed by atoms with Crippen LogP contribution in [0.25, 0.3) is 22.3 Å². The van der Waals surface area contributed by atoms with Crippen molar-refractivity contribution in [2.24, 2.45) is 11.8 Å². The first-order chi connectivity index (χ1) is 19.4. The molecule has 1 aliphatic carbocycles. The van der Waals surface area contributed by atoms with Crippen LogP contribution in [0.15, 0.2) is 78.9 Å². The van der Waals surface area contributed by atoms with Gasteiger partial charge in [0.15, 0.2) is 0 Å². The molecule has 0 fully saturated rings. The zero-order valence-electron chi connectivity index (χ0n) is 24.3. The summed E-state index contributed by atoms with van der Waals surface area (Å²) in [6.45, 7) is 16.4. The summed E-state index contributed by atoms with van der Waals surface area (Å²) in [6, 6.07) is 17.7. The van der Waals surface area contributed by atoms with Gasteiger partial charge in [-0.15, -0.1) is 0 Å². The van der Waals surface area contributed by atoms with Gasteiger partial charge in [-0.2, -0.15) is 0 Å². The molecular formula is C35H36O6. The van der Waals surface area contributed by atoms with Gasteiger partial charge >= 0.3 is 17.9 Å². The van der Waals surface area contributed by atoms with Crippen LogP contribution in [0.1, 0.15) is 44.4 Å². The third-order valence-corrected chi connectivity index (χ3v) is 7.02. The molecule has 0 radical (unpaired) electrons. The largest absolute Gasteiger partial charge is 0.462 e. The molecule has 3 aromatic carbocycles. The molecular weight excluding hydrogens is 516 g/mol. The Morgan fingerprint density at radius 2 is 1.39 bits per heavy atom. The Morgan fingerprint density at radius 1 is 0.780 bits per heavy atom. The van der Waals surface area contributed by atoms with Crippen LogP contribution >= 0.6 is 0 Å². The van der Waals surface area contributed by atoms with Gasteiger partial charge < -0.3 is 14.2 Å². The molecule has 0 spiro atoms. The van der Waals surface area contributed by atoms with E-state index in [0.717, 1.165) is 40.7 Å². The number of hydrogen-bond acceptors (Lipinski definition) is 6. The molecule has 3 aromatic rings. The van der Waals surface area contributed by atoms with E-state index in [0.29, 0.717) is 17.9 Å². The molecule has 1 atom stereocenters. The molecule has 4 rings (SSSR count). The van der Waals surface area contributed by atoms with Gasteiger partial charge in [0.25, 0.3) is 0 Å². The summed E-state index contributed by atoms with van der Waals surface area (Å²) < 4.78 is 16.4. The van der Waals surface area contributed by atoms with E-state index in [1.54, 1.807) is 39.8 Å². The molecule has 0 bridgehead atoms. The number of fused-ring (bicyclic) bond motifs is 1. The van der Waals surface area contributed by atoms with Crippen LogP contribution in [0.2, 0.25) is 0 Å². The van der Waals surface area contributed by atoms with Gasteiger partial charge in [-0.1, -0.05) is 63.4 Å². The molecule has 212 valence electrons. The number of esters is 3. The van der Waals surface area contributed by atoms with Gasteiger partial charge in [0.2, 0.25) is 0 Å². The van der Waals surface area contributed by atoms with Crippen molar-refractivity contribution >= 4 is 17.9 Å². The molecule has 0 aromatic heterocycles. The smallest absolute Gasteiger partial charge is 0.338 e. The highest BCUT2D eigenvalue weighted by Gasteiger charge is 2.23. The molecule has 0 aliphatic heterocycles. The van der Waals surface area contributed by atoms with E-state index in [1.807, 2.05) is 13.0 Å². The maximum absolute atomic E-state index is 12.3. The second kappa shape index (κ2) is 12.4. The Morgan fingerprint density at radius 3 is 2.02 bits per heavy atom. The quantitative estimate of drug-likeness (QED) is 0.159. The minimum absolute atomic E-state index is 0.262. The van der Waals surface area contributed by atoms with Gasteiger partial charge in [-0.05, 0) is 84.7 Å². The first kappa shape index (κ1) is 29.5. The van der Waals surface area contributed by atoms with Crippen LogP contribution in [0, 0.1) is 18.8 Å². The van der Waals surface area contributed by atoms with E-state index in [4.69, 9.17) is 14.2 Å². The average molecular weight is 553 g/mol. The fourth-order valence-electron chi connectivity index (χ4n) is 4.76. The summed E-state index contributed by atoms with van der Waals surface area (Å²) in [4.78, 5) is 36.3. The molecule has 6 nitrogen and oxygen atoms in total. The van der Waals surface area contributed by atoms with Gasteiger partial charge in [0.05, 0.1) is 12.5 Å². The predicted octanol–water partition coefficient (Wildman–Crippen LogP) is 7.21. The number of carbonyl (C=O) groups excluding carboxylic acids is 3. The summed E-state index contributed by atoms with van der Waals surface area (Å²) in [5, 5.41) is 0. The Kier molecular flexibility index (Phi) is 8.92. The molecule has 1 aliphatic rings. The standard InChI is InChI=1S/C35H36O6/c1-20(2)33(36)39-19-24-13-26-8-9-27(15-28(26)14-24)25-10-11-32(23(7)12-25)29-16-30(40-34(37)21(3)4)18-31(17-29)41-35(38)22(5)6/h8-12,15-18,22,24H,1,3,13-14,19H2,2,4-7H3. The molecule has 1 unspecified atom stereocenters. The first-order valence-electron chi connectivity index (χ1n) is 13.7. The van der Waals surface area contributed by atoms with E-state index in [-0.39, 0.29) is 35.1 Å². The van der Waals surface area contributed by atoms with Crippen molar-refractivity contribution in [2.45, 2.75) is 47.5 Å². The first-order valence-corrected chi connectivity index (χ1v) is 13.7. The van der Waals surface area contributed by atoms with Crippen LogP contribution in [0.3, 0.4) is 0 Å². The highest BCUT2D eigenvalue weighted by atomic mass is 16.5. The normalized spacial score (nSPS) is 13.9. The second-order valence-corrected chi connectivity index (χ2v) is 11.1. The van der Waals surface area contributed by atoms with Crippen LogP contribution in [0.5, 0.6) is 11.5 Å². The number of carbonyl (C=O) groups is 3. The van der Waals surface area contributed by atoms with Crippen molar-refractivity contribution in [3.8, 4) is 33.8 Å². The van der Waals surface area contributed by atoms with E-state index >= 15 is 0 Å². The third-order valence-electron chi connectivity index (χ3n) is 7.02. The SMILES string of the molecule is C=C(C)C(=O)OCC1Cc2ccc(-c3ccc(-c4cc(OC(=O)C(=C)C)cc(OC(=O)C(C)C)c4)c(C)c3)cc2C1. The summed E-state index contributed by atoms with van der Waals surface area (Å²) in [5.41, 5.74) is 8.10. The van der Waals surface area contributed by atoms with E-state index in [9.17, 15) is 14.4 Å². The van der Waals surface area contributed by atoms with Crippen molar-refractivity contribution < 1.29 is 28.6 Å². The maximum Gasteiger partial charge on any atom is 0.338 e. The van der Waals surface area contributed by atoms with E-state index in [1.165, 1.54) is 17.2 Å². The molecule has 0 saturated heterocycles. The molecule has 0 heterocycles. The maximum atomic E-state index is 12.3. The summed E-state index contributed by atoms with van der Waals surface area (Å²) in [5.74, 6) is -0.749. The topological polar surface area (TPSA) is 78.9 Å². The lowest BCUT2D eigenvalue weighted by Crippen LogP contribution is -2.15. The van der Waals surface area contributed by atoms with Crippen molar-refractivity contribution in [1.29, 1.82) is 0 Å². The molecule has 6 heteroatoms. The molecule has 0 amide bonds. The van der Waals surface area contributed by atoms with Crippen molar-refractivity contribution in [1.82, 2.24) is 0 Å². The average Bonchev–Trinajstić information content (AvgIpc) is 3.33. The lowest BCUT2D eigenvalue weighted by molar-refractivity contribution is -0.140. The summed E-state index contributed by atoms with van der Waals surface area (Å²) >= 11 is 0. The Hall–Kier alpha value is -4.45. The zero-order valence-corrected chi connectivity index (χ0v) is 24.3. The minimum atomic E-state index is -0.553. The minimum Gasteiger partial charge on any atom is -0.462 e. The van der Waals surface area contributed by atoms with Crippen LogP contribution in [0.4, 0.5) is 0 Å². The second-order valence-electron chi connectivity index (χ2n) is 11.1. The Labute approximate surface area is 241 Å². The lowest BCUT2D eigenvalue weighted by Gasteiger charge is -2.14. The zero-order chi connectivity index (χ0) is 29.8. The summed E-state index contributed by atoms with van der Waals surface area (Å²) in [7, 11) is 0. The Bertz CT molecular complexity index is 1540. The van der Waals surface area contributed by atoms with Gasteiger partial charge in [0, 0.05) is 23.1 Å². The summed E-state index contributed by atoms with van der Waals surface area (Å²) in [6.07, 6.45) is 1.74. The monoisotopic (exact) mass is 552 g/mol. The van der Waals surface area contributed by atoms with Crippen molar-refractivity contribution in [3.63, 3.8) is 0 Å². The number of aryl methyl sites for hydroxylation is 1. The number of hydrogen-bond donors (Lipinski definition) is 0. The van der Waals surface area contributed by atoms with Crippen LogP contribution < -0.4 is 9.47 Å². The van der Waals surface area contributed by atoms with Gasteiger partial charge in [-0.3, -0.25) is 4.79 Å². The van der Waals surface area contributed by atoms with Crippen LogP contribution in [-0.4, -0.2) is 24.5 Å². The van der Waals surface area contributed by atoms with E-state index < -0.39 is 5.97 Å². The predicted molar refractivity (Wildman–Crippen MR) is 160 cm³/mol. The molecule has 0 saturated carbocycles. The van der Waals surface area contributed by atoms with Gasteiger partial charge in [-0.25, -0.2) is 9.59 Å². The Balaban J connectivity index is 1.59. The highest BCUT2D eigenvalue weighted by Crippen LogP contribution is 2.36. The molecule has 0 N–H and O–H groups in total. The highest BCUT2D eigenvalue weighted by molar-refractivity contribution is 5.89. The van der Waals surface area contributed by atoms with Crippen molar-refractivity contribution in [3.05, 3.63) is 95.6 Å². The van der Waals surface area contributed by atoms with E-state index in [2.05, 4.69) is 43.5 Å². The van der Waals surface area contributed by atoms with Crippen molar-refractivity contribution in [2.75, 3.05) is 6.61 Å². The van der Waals surface area contributed by atoms with Gasteiger partial charge in [0.1, 0.15) is 11.5 Å². The van der Waals surface area contributed by atoms with Crippen LogP contribution in [-0.2, 0) is 32.0 Å². The fourth-order valence-corrected chi connectivity index (χ4v) is 4.76. The lowest BCUT2D eigenvalue weighted by atomic mass is 9.94.